The van der Waals surface area contributed by atoms with Gasteiger partial charge >= 0.3 is 0 Å². The molecule has 2 heteroatoms. The van der Waals surface area contributed by atoms with E-state index in [9.17, 15) is 0 Å². The normalized spacial score (nSPS) is 43.1. The predicted molar refractivity (Wildman–Crippen MR) is 46.7 cm³/mol. The summed E-state index contributed by atoms with van der Waals surface area (Å²) in [6.07, 6.45) is 7.30. The molecule has 0 amide bonds. The third kappa shape index (κ3) is 0.619. The van der Waals surface area contributed by atoms with Gasteiger partial charge in [0.25, 0.3) is 0 Å². The van der Waals surface area contributed by atoms with Crippen LogP contribution in [0.3, 0.4) is 0 Å². The number of hydrogen-bond donors (Lipinski definition) is 1. The van der Waals surface area contributed by atoms with Gasteiger partial charge in [-0.25, -0.2) is 0 Å². The first kappa shape index (κ1) is 6.61. The van der Waals surface area contributed by atoms with Crippen LogP contribution in [0.4, 0.5) is 0 Å². The maximum atomic E-state index is 5.99. The van der Waals surface area contributed by atoms with Gasteiger partial charge < -0.3 is 5.73 Å². The highest BCUT2D eigenvalue weighted by Gasteiger charge is 2.66. The van der Waals surface area contributed by atoms with E-state index < -0.39 is 0 Å². The van der Waals surface area contributed by atoms with Gasteiger partial charge in [0.2, 0.25) is 0 Å². The minimum atomic E-state index is 0.212. The molecule has 0 aromatic carbocycles. The number of nitrogens with zero attached hydrogens (tertiary/aromatic N) is 1. The molecule has 1 aromatic rings. The predicted octanol–water partition coefficient (Wildman–Crippen LogP) is 1.21. The second-order valence-electron chi connectivity index (χ2n) is 4.41. The van der Waals surface area contributed by atoms with E-state index in [0.29, 0.717) is 5.41 Å². The molecule has 4 rings (SSSR count). The smallest absolute Gasteiger partial charge is 0.0270 e. The minimum Gasteiger partial charge on any atom is -0.325 e. The van der Waals surface area contributed by atoms with Gasteiger partial charge in [-0.15, -0.1) is 0 Å². The second-order valence-corrected chi connectivity index (χ2v) is 4.41. The maximum Gasteiger partial charge on any atom is 0.0270 e. The Bertz CT molecular complexity index is 298. The maximum absolute atomic E-state index is 5.99. The zero-order valence-corrected chi connectivity index (χ0v) is 6.96. The molecule has 1 aromatic heterocycles. The summed E-state index contributed by atoms with van der Waals surface area (Å²) >= 11 is 0. The van der Waals surface area contributed by atoms with E-state index in [4.69, 9.17) is 5.73 Å². The third-order valence-electron chi connectivity index (χ3n) is 3.36. The summed E-state index contributed by atoms with van der Waals surface area (Å²) in [7, 11) is 0. The molecule has 3 aliphatic rings. The van der Waals surface area contributed by atoms with Crippen LogP contribution >= 0.6 is 0 Å². The van der Waals surface area contributed by atoms with Gasteiger partial charge in [-0.05, 0) is 37.0 Å². The van der Waals surface area contributed by atoms with Crippen LogP contribution in [0.5, 0.6) is 0 Å². The Morgan fingerprint density at radius 1 is 1.17 bits per heavy atom. The van der Waals surface area contributed by atoms with E-state index in [1.54, 1.807) is 0 Å². The van der Waals surface area contributed by atoms with E-state index in [0.717, 1.165) is 0 Å². The van der Waals surface area contributed by atoms with E-state index in [1.807, 2.05) is 12.4 Å². The van der Waals surface area contributed by atoms with E-state index in [-0.39, 0.29) is 5.54 Å². The Kier molecular flexibility index (Phi) is 0.945. The largest absolute Gasteiger partial charge is 0.325 e. The van der Waals surface area contributed by atoms with Gasteiger partial charge in [-0.1, -0.05) is 0 Å². The Morgan fingerprint density at radius 2 is 1.75 bits per heavy atom. The number of rotatable bonds is 1. The van der Waals surface area contributed by atoms with Crippen molar-refractivity contribution in [3.05, 3.63) is 30.1 Å². The summed E-state index contributed by atoms with van der Waals surface area (Å²) in [4.78, 5) is 4.02. The third-order valence-corrected chi connectivity index (χ3v) is 3.36. The lowest BCUT2D eigenvalue weighted by atomic mass is 9.38. The van der Waals surface area contributed by atoms with E-state index >= 15 is 0 Å². The molecule has 2 nitrogen and oxygen atoms in total. The minimum absolute atomic E-state index is 0.212. The fraction of sp³-hybridized carbons (Fsp3) is 0.500. The van der Waals surface area contributed by atoms with Crippen LogP contribution in [0.25, 0.3) is 0 Å². The van der Waals surface area contributed by atoms with Crippen LogP contribution in [-0.2, 0) is 5.41 Å². The van der Waals surface area contributed by atoms with Crippen molar-refractivity contribution >= 4 is 0 Å². The lowest BCUT2D eigenvalue weighted by Gasteiger charge is -2.69. The van der Waals surface area contributed by atoms with Gasteiger partial charge in [0.05, 0.1) is 0 Å². The first-order chi connectivity index (χ1) is 5.73. The summed E-state index contributed by atoms with van der Waals surface area (Å²) < 4.78 is 0. The molecule has 0 radical (unpaired) electrons. The summed E-state index contributed by atoms with van der Waals surface area (Å²) in [6, 6.07) is 4.25. The average molecular weight is 160 g/mol. The van der Waals surface area contributed by atoms with Crippen LogP contribution in [-0.4, -0.2) is 10.5 Å². The molecule has 0 spiro atoms. The fourth-order valence-electron chi connectivity index (χ4n) is 2.88. The second kappa shape index (κ2) is 1.72. The van der Waals surface area contributed by atoms with E-state index in [2.05, 4.69) is 17.1 Å². The molecular weight excluding hydrogens is 148 g/mol. The molecule has 62 valence electrons. The summed E-state index contributed by atoms with van der Waals surface area (Å²) in [5, 5.41) is 0. The average Bonchev–Trinajstić information content (AvgIpc) is 1.99. The van der Waals surface area contributed by atoms with Crippen LogP contribution in [0, 0.1) is 0 Å². The quantitative estimate of drug-likeness (QED) is 0.670. The topological polar surface area (TPSA) is 38.9 Å². The Morgan fingerprint density at radius 3 is 2.25 bits per heavy atom. The molecule has 3 fully saturated rings. The van der Waals surface area contributed by atoms with Crippen molar-refractivity contribution in [3.8, 4) is 0 Å². The van der Waals surface area contributed by atoms with Gasteiger partial charge in [0.15, 0.2) is 0 Å². The fourth-order valence-corrected chi connectivity index (χ4v) is 2.88. The van der Waals surface area contributed by atoms with Crippen molar-refractivity contribution in [1.29, 1.82) is 0 Å². The van der Waals surface area contributed by atoms with Gasteiger partial charge in [-0.2, -0.15) is 0 Å². The molecule has 3 saturated carbocycles. The van der Waals surface area contributed by atoms with Crippen molar-refractivity contribution < 1.29 is 0 Å². The highest BCUT2D eigenvalue weighted by Crippen LogP contribution is 2.66. The molecule has 12 heavy (non-hydrogen) atoms. The van der Waals surface area contributed by atoms with Crippen LogP contribution < -0.4 is 5.73 Å². The number of aromatic nitrogens is 1. The number of nitrogens with two attached hydrogens (primary N) is 1. The highest BCUT2D eigenvalue weighted by molar-refractivity contribution is 5.40. The van der Waals surface area contributed by atoms with Gasteiger partial charge in [0.1, 0.15) is 0 Å². The molecule has 0 saturated heterocycles. The van der Waals surface area contributed by atoms with Crippen molar-refractivity contribution in [1.82, 2.24) is 4.98 Å². The molecule has 2 N–H and O–H groups in total. The first-order valence-corrected chi connectivity index (χ1v) is 4.42. The first-order valence-electron chi connectivity index (χ1n) is 4.42. The van der Waals surface area contributed by atoms with Crippen LogP contribution in [0.15, 0.2) is 24.5 Å². The Hall–Kier alpha value is -0.890. The monoisotopic (exact) mass is 160 g/mol. The van der Waals surface area contributed by atoms with Crippen molar-refractivity contribution in [3.63, 3.8) is 0 Å². The van der Waals surface area contributed by atoms with E-state index in [1.165, 1.54) is 24.8 Å². The Balaban J connectivity index is 1.94. The summed E-state index contributed by atoms with van der Waals surface area (Å²) in [5.41, 5.74) is 8.10. The van der Waals surface area contributed by atoms with Gasteiger partial charge in [0, 0.05) is 23.3 Å². The lowest BCUT2D eigenvalue weighted by Crippen LogP contribution is -2.74. The Labute approximate surface area is 71.8 Å². The SMILES string of the molecule is NC12CC(c3ccncc3)(C1)C2. The molecule has 1 heterocycles. The molecule has 2 bridgehead atoms. The van der Waals surface area contributed by atoms with Crippen molar-refractivity contribution in [2.24, 2.45) is 5.73 Å². The van der Waals surface area contributed by atoms with Crippen LogP contribution in [0.1, 0.15) is 24.8 Å². The standard InChI is InChI=1S/C10H12N2/c11-10-5-9(6-10,7-10)8-1-3-12-4-2-8/h1-4H,5-7,11H2. The highest BCUT2D eigenvalue weighted by atomic mass is 14.9. The molecule has 0 atom stereocenters. The van der Waals surface area contributed by atoms with Gasteiger partial charge in [-0.3, -0.25) is 4.98 Å². The molecule has 3 aliphatic carbocycles. The molecular formula is C10H12N2. The van der Waals surface area contributed by atoms with Crippen LogP contribution in [0.2, 0.25) is 0 Å². The molecule has 0 unspecified atom stereocenters. The lowest BCUT2D eigenvalue weighted by molar-refractivity contribution is -0.0590. The molecule has 0 aliphatic heterocycles. The summed E-state index contributed by atoms with van der Waals surface area (Å²) in [5.74, 6) is 0. The van der Waals surface area contributed by atoms with Crippen molar-refractivity contribution in [2.75, 3.05) is 0 Å². The van der Waals surface area contributed by atoms with Crippen molar-refractivity contribution in [2.45, 2.75) is 30.2 Å². The number of hydrogen-bond acceptors (Lipinski definition) is 2. The number of pyridine rings is 1. The zero-order valence-electron chi connectivity index (χ0n) is 6.96. The zero-order chi connectivity index (χ0) is 8.23. The summed E-state index contributed by atoms with van der Waals surface area (Å²) in [6.45, 7) is 0.